The van der Waals surface area contributed by atoms with Crippen LogP contribution >= 0.6 is 0 Å². The second-order valence-corrected chi connectivity index (χ2v) is 5.16. The van der Waals surface area contributed by atoms with E-state index in [1.807, 2.05) is 19.1 Å². The quantitative estimate of drug-likeness (QED) is 0.890. The number of carbonyl (C=O) groups is 1. The second kappa shape index (κ2) is 5.42. The molecule has 1 fully saturated rings. The van der Waals surface area contributed by atoms with E-state index >= 15 is 0 Å². The van der Waals surface area contributed by atoms with Crippen molar-refractivity contribution in [3.63, 3.8) is 0 Å². The van der Waals surface area contributed by atoms with Crippen LogP contribution in [0.5, 0.6) is 0 Å². The molecule has 0 radical (unpaired) electrons. The Kier molecular flexibility index (Phi) is 3.90. The van der Waals surface area contributed by atoms with Crippen LogP contribution in [0.15, 0.2) is 18.2 Å². The van der Waals surface area contributed by atoms with Gasteiger partial charge in [-0.2, -0.15) is 0 Å². The first-order valence-electron chi connectivity index (χ1n) is 6.70. The lowest BCUT2D eigenvalue weighted by Crippen LogP contribution is -2.34. The van der Waals surface area contributed by atoms with E-state index in [1.165, 1.54) is 19.3 Å². The summed E-state index contributed by atoms with van der Waals surface area (Å²) in [4.78, 5) is 13.5. The number of aromatic carboxylic acids is 1. The Morgan fingerprint density at radius 1 is 1.39 bits per heavy atom. The van der Waals surface area contributed by atoms with E-state index in [1.54, 1.807) is 6.07 Å². The van der Waals surface area contributed by atoms with Gasteiger partial charge in [0, 0.05) is 13.1 Å². The van der Waals surface area contributed by atoms with Crippen molar-refractivity contribution < 1.29 is 9.90 Å². The molecule has 3 nitrogen and oxygen atoms in total. The van der Waals surface area contributed by atoms with E-state index in [0.29, 0.717) is 5.56 Å². The highest BCUT2D eigenvalue weighted by Gasteiger charge is 2.21. The van der Waals surface area contributed by atoms with Gasteiger partial charge in [-0.1, -0.05) is 25.0 Å². The molecule has 0 spiro atoms. The maximum absolute atomic E-state index is 11.3. The fourth-order valence-electron chi connectivity index (χ4n) is 2.68. The second-order valence-electron chi connectivity index (χ2n) is 5.16. The number of benzene rings is 1. The maximum Gasteiger partial charge on any atom is 0.337 e. The first kappa shape index (κ1) is 12.9. The molecule has 1 aliphatic heterocycles. The number of hydrogen-bond donors (Lipinski definition) is 1. The van der Waals surface area contributed by atoms with Crippen LogP contribution in [-0.2, 0) is 0 Å². The number of nitrogens with zero attached hydrogens (tertiary/aromatic N) is 1. The SMILES string of the molecule is CCC1CCN(c2ccc(C)cc2C(=O)O)CC1. The molecule has 0 bridgehead atoms. The Morgan fingerprint density at radius 2 is 2.06 bits per heavy atom. The van der Waals surface area contributed by atoms with Crippen LogP contribution in [0.3, 0.4) is 0 Å². The molecule has 3 heteroatoms. The van der Waals surface area contributed by atoms with Crippen molar-refractivity contribution in [3.8, 4) is 0 Å². The predicted molar refractivity (Wildman–Crippen MR) is 73.4 cm³/mol. The number of anilines is 1. The van der Waals surface area contributed by atoms with Gasteiger partial charge in [0.15, 0.2) is 0 Å². The molecule has 1 N–H and O–H groups in total. The molecule has 0 aliphatic carbocycles. The fourth-order valence-corrected chi connectivity index (χ4v) is 2.68. The van der Waals surface area contributed by atoms with E-state index in [4.69, 9.17) is 0 Å². The molecular formula is C15H21NO2. The lowest BCUT2D eigenvalue weighted by molar-refractivity contribution is 0.0697. The van der Waals surface area contributed by atoms with Gasteiger partial charge in [-0.3, -0.25) is 0 Å². The first-order chi connectivity index (χ1) is 8.61. The summed E-state index contributed by atoms with van der Waals surface area (Å²) >= 11 is 0. The Labute approximate surface area is 108 Å². The first-order valence-corrected chi connectivity index (χ1v) is 6.70. The molecule has 18 heavy (non-hydrogen) atoms. The van der Waals surface area contributed by atoms with Crippen LogP contribution in [-0.4, -0.2) is 24.2 Å². The van der Waals surface area contributed by atoms with Crippen LogP contribution in [0.1, 0.15) is 42.1 Å². The zero-order valence-electron chi connectivity index (χ0n) is 11.1. The van der Waals surface area contributed by atoms with Crippen molar-refractivity contribution in [1.82, 2.24) is 0 Å². The maximum atomic E-state index is 11.3. The molecule has 1 saturated heterocycles. The number of hydrogen-bond acceptors (Lipinski definition) is 2. The minimum atomic E-state index is -0.827. The Bertz CT molecular complexity index is 434. The highest BCUT2D eigenvalue weighted by Crippen LogP contribution is 2.28. The van der Waals surface area contributed by atoms with Crippen molar-refractivity contribution >= 4 is 11.7 Å². The van der Waals surface area contributed by atoms with Crippen LogP contribution in [0, 0.1) is 12.8 Å². The smallest absolute Gasteiger partial charge is 0.337 e. The van der Waals surface area contributed by atoms with Gasteiger partial charge >= 0.3 is 5.97 Å². The molecule has 1 heterocycles. The van der Waals surface area contributed by atoms with Gasteiger partial charge in [-0.05, 0) is 37.8 Å². The van der Waals surface area contributed by atoms with E-state index < -0.39 is 5.97 Å². The molecule has 1 aromatic carbocycles. The molecule has 98 valence electrons. The highest BCUT2D eigenvalue weighted by molar-refractivity contribution is 5.94. The van der Waals surface area contributed by atoms with Crippen LogP contribution in [0.4, 0.5) is 5.69 Å². The third-order valence-electron chi connectivity index (χ3n) is 3.92. The number of carboxylic acids is 1. The lowest BCUT2D eigenvalue weighted by atomic mass is 9.93. The lowest BCUT2D eigenvalue weighted by Gasteiger charge is -2.34. The Balaban J connectivity index is 2.21. The fraction of sp³-hybridized carbons (Fsp3) is 0.533. The Morgan fingerprint density at radius 3 is 2.61 bits per heavy atom. The summed E-state index contributed by atoms with van der Waals surface area (Å²) in [5, 5.41) is 9.29. The summed E-state index contributed by atoms with van der Waals surface area (Å²) in [6, 6.07) is 5.71. The monoisotopic (exact) mass is 247 g/mol. The molecule has 1 aliphatic rings. The molecule has 0 amide bonds. The minimum Gasteiger partial charge on any atom is -0.478 e. The zero-order valence-corrected chi connectivity index (χ0v) is 11.1. The van der Waals surface area contributed by atoms with E-state index in [-0.39, 0.29) is 0 Å². The highest BCUT2D eigenvalue weighted by atomic mass is 16.4. The Hall–Kier alpha value is -1.51. The van der Waals surface area contributed by atoms with Gasteiger partial charge in [0.25, 0.3) is 0 Å². The number of carboxylic acid groups (broad SMARTS) is 1. The van der Waals surface area contributed by atoms with Crippen LogP contribution < -0.4 is 4.90 Å². The summed E-state index contributed by atoms with van der Waals surface area (Å²) in [7, 11) is 0. The average Bonchev–Trinajstić information content (AvgIpc) is 2.39. The summed E-state index contributed by atoms with van der Waals surface area (Å²) in [6.07, 6.45) is 3.57. The van der Waals surface area contributed by atoms with Crippen molar-refractivity contribution in [2.24, 2.45) is 5.92 Å². The summed E-state index contributed by atoms with van der Waals surface area (Å²) in [5.41, 5.74) is 2.31. The predicted octanol–water partition coefficient (Wildman–Crippen LogP) is 3.32. The van der Waals surface area contributed by atoms with Crippen molar-refractivity contribution in [1.29, 1.82) is 0 Å². The molecule has 1 aromatic rings. The van der Waals surface area contributed by atoms with Gasteiger partial charge in [-0.25, -0.2) is 4.79 Å². The normalized spacial score (nSPS) is 16.9. The zero-order chi connectivity index (χ0) is 13.1. The van der Waals surface area contributed by atoms with E-state index in [9.17, 15) is 9.90 Å². The molecule has 2 rings (SSSR count). The average molecular weight is 247 g/mol. The van der Waals surface area contributed by atoms with E-state index in [2.05, 4.69) is 11.8 Å². The number of rotatable bonds is 3. The molecule has 0 aromatic heterocycles. The molecule has 0 atom stereocenters. The summed E-state index contributed by atoms with van der Waals surface area (Å²) < 4.78 is 0. The summed E-state index contributed by atoms with van der Waals surface area (Å²) in [5.74, 6) is -0.0220. The van der Waals surface area contributed by atoms with E-state index in [0.717, 1.165) is 30.3 Å². The van der Waals surface area contributed by atoms with Crippen molar-refractivity contribution in [2.75, 3.05) is 18.0 Å². The van der Waals surface area contributed by atoms with Crippen LogP contribution in [0.2, 0.25) is 0 Å². The van der Waals surface area contributed by atoms with Gasteiger partial charge in [0.2, 0.25) is 0 Å². The standard InChI is InChI=1S/C15H21NO2/c1-3-12-6-8-16(9-7-12)14-5-4-11(2)10-13(14)15(17)18/h4-5,10,12H,3,6-9H2,1-2H3,(H,17,18). The van der Waals surface area contributed by atoms with Crippen LogP contribution in [0.25, 0.3) is 0 Å². The van der Waals surface area contributed by atoms with Gasteiger partial charge < -0.3 is 10.0 Å². The molecule has 0 unspecified atom stereocenters. The summed E-state index contributed by atoms with van der Waals surface area (Å²) in [6.45, 7) is 6.11. The largest absolute Gasteiger partial charge is 0.478 e. The third kappa shape index (κ3) is 2.66. The number of aryl methyl sites for hydroxylation is 1. The minimum absolute atomic E-state index is 0.435. The topological polar surface area (TPSA) is 40.5 Å². The molecular weight excluding hydrogens is 226 g/mol. The van der Waals surface area contributed by atoms with Crippen molar-refractivity contribution in [3.05, 3.63) is 29.3 Å². The van der Waals surface area contributed by atoms with Gasteiger partial charge in [0.1, 0.15) is 0 Å². The molecule has 0 saturated carbocycles. The van der Waals surface area contributed by atoms with Gasteiger partial charge in [-0.15, -0.1) is 0 Å². The van der Waals surface area contributed by atoms with Gasteiger partial charge in [0.05, 0.1) is 11.3 Å². The van der Waals surface area contributed by atoms with Crippen molar-refractivity contribution in [2.45, 2.75) is 33.1 Å². The number of piperidine rings is 1. The third-order valence-corrected chi connectivity index (χ3v) is 3.92.